The summed E-state index contributed by atoms with van der Waals surface area (Å²) in [5, 5.41) is 7.03. The maximum Gasteiger partial charge on any atom is 0.410 e. The number of rotatable bonds is 4. The van der Waals surface area contributed by atoms with Crippen molar-refractivity contribution in [1.29, 1.82) is 0 Å². The molecular weight excluding hydrogens is 266 g/mol. The summed E-state index contributed by atoms with van der Waals surface area (Å²) in [7, 11) is 0. The Morgan fingerprint density at radius 3 is 2.81 bits per heavy atom. The van der Waals surface area contributed by atoms with Crippen LogP contribution < -0.4 is 10.6 Å². The van der Waals surface area contributed by atoms with Crippen LogP contribution in [0.25, 0.3) is 0 Å². The number of carbonyl (C=O) groups is 1. The third kappa shape index (κ3) is 5.47. The first-order chi connectivity index (χ1) is 9.96. The zero-order valence-electron chi connectivity index (χ0n) is 13.8. The van der Waals surface area contributed by atoms with Gasteiger partial charge in [0.2, 0.25) is 0 Å². The van der Waals surface area contributed by atoms with Gasteiger partial charge in [-0.25, -0.2) is 4.79 Å². The van der Waals surface area contributed by atoms with Crippen LogP contribution in [0.1, 0.15) is 52.9 Å². The Balaban J connectivity index is 1.72. The number of amides is 1. The number of ether oxygens (including phenoxy) is 1. The van der Waals surface area contributed by atoms with Gasteiger partial charge in [0.25, 0.3) is 0 Å². The fourth-order valence-electron chi connectivity index (χ4n) is 3.18. The number of nitrogens with one attached hydrogen (secondary N) is 2. The number of piperidine rings is 1. The van der Waals surface area contributed by atoms with Crippen molar-refractivity contribution in [3.05, 3.63) is 0 Å². The predicted molar refractivity (Wildman–Crippen MR) is 84.5 cm³/mol. The van der Waals surface area contributed by atoms with E-state index in [0.717, 1.165) is 45.4 Å². The average molecular weight is 297 g/mol. The van der Waals surface area contributed by atoms with Crippen LogP contribution in [0.4, 0.5) is 4.79 Å². The van der Waals surface area contributed by atoms with E-state index in [9.17, 15) is 4.79 Å². The van der Waals surface area contributed by atoms with Crippen molar-refractivity contribution < 1.29 is 9.53 Å². The first-order valence-corrected chi connectivity index (χ1v) is 8.39. The van der Waals surface area contributed by atoms with Crippen molar-refractivity contribution >= 4 is 6.09 Å². The molecule has 0 aromatic carbocycles. The van der Waals surface area contributed by atoms with Gasteiger partial charge in [0.05, 0.1) is 0 Å². The van der Waals surface area contributed by atoms with Crippen LogP contribution >= 0.6 is 0 Å². The molecule has 0 spiro atoms. The number of hydrogen-bond acceptors (Lipinski definition) is 4. The molecule has 0 aliphatic carbocycles. The van der Waals surface area contributed by atoms with Crippen LogP contribution in [0.3, 0.4) is 0 Å². The van der Waals surface area contributed by atoms with Gasteiger partial charge in [-0.3, -0.25) is 0 Å². The van der Waals surface area contributed by atoms with Crippen LogP contribution in [-0.2, 0) is 4.74 Å². The first-order valence-electron chi connectivity index (χ1n) is 8.39. The molecule has 2 aliphatic rings. The van der Waals surface area contributed by atoms with E-state index in [2.05, 4.69) is 10.6 Å². The summed E-state index contributed by atoms with van der Waals surface area (Å²) < 4.78 is 5.50. The molecule has 21 heavy (non-hydrogen) atoms. The molecule has 2 N–H and O–H groups in total. The average Bonchev–Trinajstić information content (AvgIpc) is 2.86. The second-order valence-corrected chi connectivity index (χ2v) is 7.26. The largest absolute Gasteiger partial charge is 0.444 e. The molecule has 2 atom stereocenters. The highest BCUT2D eigenvalue weighted by molar-refractivity contribution is 5.68. The molecule has 0 aromatic rings. The molecule has 2 rings (SSSR count). The van der Waals surface area contributed by atoms with Gasteiger partial charge in [-0.15, -0.1) is 0 Å². The van der Waals surface area contributed by atoms with Gasteiger partial charge in [-0.2, -0.15) is 0 Å². The Labute approximate surface area is 128 Å². The summed E-state index contributed by atoms with van der Waals surface area (Å²) in [6.07, 6.45) is 5.58. The molecule has 2 unspecified atom stereocenters. The maximum absolute atomic E-state index is 12.2. The van der Waals surface area contributed by atoms with Gasteiger partial charge in [-0.1, -0.05) is 0 Å². The van der Waals surface area contributed by atoms with Crippen molar-refractivity contribution in [2.45, 2.75) is 70.6 Å². The van der Waals surface area contributed by atoms with Gasteiger partial charge < -0.3 is 20.3 Å². The Kier molecular flexibility index (Phi) is 5.88. The highest BCUT2D eigenvalue weighted by Gasteiger charge is 2.31. The van der Waals surface area contributed by atoms with E-state index in [-0.39, 0.29) is 6.09 Å². The lowest BCUT2D eigenvalue weighted by molar-refractivity contribution is 0.0220. The minimum absolute atomic E-state index is 0.149. The second-order valence-electron chi connectivity index (χ2n) is 7.26. The second kappa shape index (κ2) is 7.45. The summed E-state index contributed by atoms with van der Waals surface area (Å²) in [4.78, 5) is 14.1. The molecule has 5 nitrogen and oxygen atoms in total. The molecule has 2 saturated heterocycles. The quantitative estimate of drug-likeness (QED) is 0.834. The van der Waals surface area contributed by atoms with Crippen molar-refractivity contribution in [3.8, 4) is 0 Å². The molecule has 0 bridgehead atoms. The molecule has 5 heteroatoms. The van der Waals surface area contributed by atoms with Crippen molar-refractivity contribution in [3.63, 3.8) is 0 Å². The molecular formula is C16H31N3O2. The summed E-state index contributed by atoms with van der Waals surface area (Å²) in [6.45, 7) is 9.81. The standard InChI is InChI=1S/C16H31N3O2/c1-16(2,3)21-15(20)19-11-5-7-14(19)8-10-18-13-6-4-9-17-12-13/h13-14,17-18H,4-12H2,1-3H3. The fraction of sp³-hybridized carbons (Fsp3) is 0.938. The molecule has 122 valence electrons. The number of carbonyl (C=O) groups excluding carboxylic acids is 1. The van der Waals surface area contributed by atoms with Gasteiger partial charge >= 0.3 is 6.09 Å². The Morgan fingerprint density at radius 1 is 1.33 bits per heavy atom. The van der Waals surface area contributed by atoms with Crippen molar-refractivity contribution in [2.75, 3.05) is 26.2 Å². The number of likely N-dealkylation sites (tertiary alicyclic amines) is 1. The third-order valence-electron chi connectivity index (χ3n) is 4.21. The van der Waals surface area contributed by atoms with Gasteiger partial charge in [-0.05, 0) is 66.0 Å². The maximum atomic E-state index is 12.2. The normalized spacial score (nSPS) is 26.9. The SMILES string of the molecule is CC(C)(C)OC(=O)N1CCCC1CCNC1CCCNC1. The number of nitrogens with zero attached hydrogens (tertiary/aromatic N) is 1. The van der Waals surface area contributed by atoms with Crippen molar-refractivity contribution in [2.24, 2.45) is 0 Å². The fourth-order valence-corrected chi connectivity index (χ4v) is 3.18. The molecule has 2 heterocycles. The summed E-state index contributed by atoms with van der Waals surface area (Å²) >= 11 is 0. The van der Waals surface area contributed by atoms with Crippen LogP contribution in [0.2, 0.25) is 0 Å². The predicted octanol–water partition coefficient (Wildman–Crippen LogP) is 2.12. The van der Waals surface area contributed by atoms with E-state index >= 15 is 0 Å². The highest BCUT2D eigenvalue weighted by Crippen LogP contribution is 2.22. The van der Waals surface area contributed by atoms with Crippen LogP contribution in [0.15, 0.2) is 0 Å². The van der Waals surface area contributed by atoms with Crippen LogP contribution in [0, 0.1) is 0 Å². The molecule has 1 amide bonds. The molecule has 0 aromatic heterocycles. The van der Waals surface area contributed by atoms with Crippen LogP contribution in [-0.4, -0.2) is 54.9 Å². The van der Waals surface area contributed by atoms with Crippen LogP contribution in [0.5, 0.6) is 0 Å². The van der Waals surface area contributed by atoms with Crippen molar-refractivity contribution in [1.82, 2.24) is 15.5 Å². The Bertz CT molecular complexity index is 335. The minimum Gasteiger partial charge on any atom is -0.444 e. The molecule has 2 aliphatic heterocycles. The zero-order valence-corrected chi connectivity index (χ0v) is 13.8. The minimum atomic E-state index is -0.407. The van der Waals surface area contributed by atoms with E-state index in [4.69, 9.17) is 4.74 Å². The highest BCUT2D eigenvalue weighted by atomic mass is 16.6. The van der Waals surface area contributed by atoms with E-state index in [1.54, 1.807) is 0 Å². The summed E-state index contributed by atoms with van der Waals surface area (Å²) in [5.74, 6) is 0. The topological polar surface area (TPSA) is 53.6 Å². The zero-order chi connectivity index (χ0) is 15.3. The van der Waals surface area contributed by atoms with E-state index in [1.165, 1.54) is 12.8 Å². The van der Waals surface area contributed by atoms with E-state index in [1.807, 2.05) is 25.7 Å². The Hall–Kier alpha value is -0.810. The molecule has 0 saturated carbocycles. The van der Waals surface area contributed by atoms with Gasteiger partial charge in [0, 0.05) is 25.2 Å². The first kappa shape index (κ1) is 16.6. The molecule has 0 radical (unpaired) electrons. The lowest BCUT2D eigenvalue weighted by atomic mass is 10.1. The molecule has 2 fully saturated rings. The smallest absolute Gasteiger partial charge is 0.410 e. The Morgan fingerprint density at radius 2 is 2.14 bits per heavy atom. The summed E-state index contributed by atoms with van der Waals surface area (Å²) in [5.41, 5.74) is -0.407. The third-order valence-corrected chi connectivity index (χ3v) is 4.21. The number of hydrogen-bond donors (Lipinski definition) is 2. The summed E-state index contributed by atoms with van der Waals surface area (Å²) in [6, 6.07) is 0.930. The lowest BCUT2D eigenvalue weighted by Crippen LogP contribution is -2.45. The monoisotopic (exact) mass is 297 g/mol. The van der Waals surface area contributed by atoms with Gasteiger partial charge in [0.1, 0.15) is 5.60 Å². The lowest BCUT2D eigenvalue weighted by Gasteiger charge is -2.29. The van der Waals surface area contributed by atoms with E-state index in [0.29, 0.717) is 12.1 Å². The van der Waals surface area contributed by atoms with Gasteiger partial charge in [0.15, 0.2) is 0 Å². The van der Waals surface area contributed by atoms with E-state index < -0.39 is 5.60 Å².